The van der Waals surface area contributed by atoms with Crippen molar-refractivity contribution in [3.05, 3.63) is 66.2 Å². The van der Waals surface area contributed by atoms with Gasteiger partial charge < -0.3 is 18.9 Å². The molecule has 0 saturated carbocycles. The first-order valence-electron chi connectivity index (χ1n) is 8.92. The molecule has 2 aromatic carbocycles. The van der Waals surface area contributed by atoms with Gasteiger partial charge in [0.1, 0.15) is 0 Å². The van der Waals surface area contributed by atoms with Crippen molar-refractivity contribution < 1.29 is 18.8 Å². The molecule has 26 heavy (non-hydrogen) atoms. The normalized spacial score (nSPS) is 25.5. The average molecular weight is 352 g/mol. The zero-order valence-corrected chi connectivity index (χ0v) is 15.5. The van der Waals surface area contributed by atoms with Crippen LogP contribution in [0.4, 0.5) is 10.5 Å². The Kier molecular flexibility index (Phi) is 3.69. The van der Waals surface area contributed by atoms with Crippen molar-refractivity contribution in [1.29, 1.82) is 0 Å². The van der Waals surface area contributed by atoms with Gasteiger partial charge in [-0.2, -0.15) is 0 Å². The van der Waals surface area contributed by atoms with Crippen LogP contribution in [0.3, 0.4) is 0 Å². The smallest absolute Gasteiger partial charge is 0.466 e. The van der Waals surface area contributed by atoms with E-state index in [1.807, 2.05) is 88.4 Å². The van der Waals surface area contributed by atoms with Crippen LogP contribution in [-0.4, -0.2) is 24.0 Å². The van der Waals surface area contributed by atoms with Gasteiger partial charge in [0.15, 0.2) is 0 Å². The molecule has 0 aromatic heterocycles. The third-order valence-electron chi connectivity index (χ3n) is 5.67. The molecule has 1 spiro atoms. The molecule has 6 heteroatoms. The maximum atomic E-state index is 12.9. The Morgan fingerprint density at radius 2 is 1.35 bits per heavy atom. The van der Waals surface area contributed by atoms with Crippen LogP contribution >= 0.6 is 0 Å². The molecule has 2 heterocycles. The number of para-hydroxylation sites is 1. The Hall–Kier alpha value is -2.31. The van der Waals surface area contributed by atoms with Crippen LogP contribution in [0.2, 0.25) is 0 Å². The molecule has 0 aliphatic carbocycles. The second-order valence-electron chi connectivity index (χ2n) is 7.90. The van der Waals surface area contributed by atoms with Crippen molar-refractivity contribution >= 4 is 18.5 Å². The van der Waals surface area contributed by atoms with Crippen molar-refractivity contribution in [2.24, 2.45) is 0 Å². The molecule has 2 saturated heterocycles. The van der Waals surface area contributed by atoms with Crippen molar-refractivity contribution in [2.45, 2.75) is 44.8 Å². The highest BCUT2D eigenvalue weighted by Gasteiger charge is 2.64. The lowest BCUT2D eigenvalue weighted by atomic mass is 9.65. The van der Waals surface area contributed by atoms with Crippen molar-refractivity contribution in [2.75, 3.05) is 4.90 Å². The topological polar surface area (TPSA) is 48.0 Å². The summed E-state index contributed by atoms with van der Waals surface area (Å²) in [5.41, 5.74) is 0.454. The molecule has 2 aromatic rings. The second kappa shape index (κ2) is 5.59. The first-order valence-corrected chi connectivity index (χ1v) is 8.92. The second-order valence-corrected chi connectivity index (χ2v) is 7.90. The third kappa shape index (κ3) is 2.44. The van der Waals surface area contributed by atoms with E-state index >= 15 is 0 Å². The van der Waals surface area contributed by atoms with Crippen LogP contribution in [0.25, 0.3) is 0 Å². The summed E-state index contributed by atoms with van der Waals surface area (Å²) >= 11 is 0. The fourth-order valence-electron chi connectivity index (χ4n) is 3.75. The van der Waals surface area contributed by atoms with Gasteiger partial charge in [-0.15, -0.1) is 0 Å². The number of anilines is 1. The number of rotatable bonds is 2. The lowest BCUT2D eigenvalue weighted by molar-refractivity contribution is 0.00578. The first kappa shape index (κ1) is 17.1. The zero-order chi connectivity index (χ0) is 18.6. The molecule has 2 aliphatic rings. The first-order chi connectivity index (χ1) is 12.3. The number of amides is 1. The fraction of sp³-hybridized carbons (Fsp3) is 0.350. The number of carbonyl (C=O) groups is 1. The van der Waals surface area contributed by atoms with Crippen LogP contribution in [0, 0.1) is 0 Å². The van der Waals surface area contributed by atoms with E-state index in [9.17, 15) is 4.79 Å². The van der Waals surface area contributed by atoms with Crippen LogP contribution in [0.15, 0.2) is 60.7 Å². The quantitative estimate of drug-likeness (QED) is 0.749. The van der Waals surface area contributed by atoms with Gasteiger partial charge in [-0.25, -0.2) is 4.79 Å². The molecule has 2 aliphatic heterocycles. The van der Waals surface area contributed by atoms with Gasteiger partial charge >= 0.3 is 12.8 Å². The van der Waals surface area contributed by atoms with Crippen molar-refractivity contribution in [1.82, 2.24) is 0 Å². The highest BCUT2D eigenvalue weighted by Crippen LogP contribution is 2.52. The standard InChI is InChI=1S/C20H23BNO4/c1-19(2)20(3,4)26-21(25-19)17(15-11-7-5-8-12-15)22(18(23)24-21)16-13-9-6-10-14-16/h5-14,17H,1-4H3/q-1. The Bertz CT molecular complexity index is 806. The highest BCUT2D eigenvalue weighted by molar-refractivity contribution is 6.68. The summed E-state index contributed by atoms with van der Waals surface area (Å²) in [5.74, 6) is -0.493. The fourth-order valence-corrected chi connectivity index (χ4v) is 3.75. The summed E-state index contributed by atoms with van der Waals surface area (Å²) in [4.78, 5) is 14.5. The summed E-state index contributed by atoms with van der Waals surface area (Å²) in [6.07, 6.45) is -0.460. The molecule has 1 atom stereocenters. The van der Waals surface area contributed by atoms with Gasteiger partial charge in [0, 0.05) is 22.8 Å². The summed E-state index contributed by atoms with van der Waals surface area (Å²) in [7, 11) is 0. The van der Waals surface area contributed by atoms with E-state index in [0.717, 1.165) is 11.3 Å². The van der Waals surface area contributed by atoms with Gasteiger partial charge in [0.25, 0.3) is 0 Å². The van der Waals surface area contributed by atoms with Crippen LogP contribution in [0.5, 0.6) is 0 Å². The summed E-state index contributed by atoms with van der Waals surface area (Å²) in [6, 6.07) is 19.2. The zero-order valence-electron chi connectivity index (χ0n) is 15.5. The van der Waals surface area contributed by atoms with Gasteiger partial charge in [-0.3, -0.25) is 0 Å². The minimum Gasteiger partial charge on any atom is -0.625 e. The molecule has 2 fully saturated rings. The Labute approximate surface area is 153 Å². The lowest BCUT2D eigenvalue weighted by Gasteiger charge is -2.37. The monoisotopic (exact) mass is 352 g/mol. The van der Waals surface area contributed by atoms with Crippen molar-refractivity contribution in [3.8, 4) is 0 Å². The maximum absolute atomic E-state index is 12.9. The van der Waals surface area contributed by atoms with E-state index in [4.69, 9.17) is 14.0 Å². The van der Waals surface area contributed by atoms with Gasteiger partial charge in [-0.05, 0) is 39.8 Å². The maximum Gasteiger partial charge on any atom is 0.466 e. The van der Waals surface area contributed by atoms with E-state index in [-0.39, 0.29) is 0 Å². The highest BCUT2D eigenvalue weighted by atomic mass is 16.8. The van der Waals surface area contributed by atoms with Gasteiger partial charge in [-0.1, -0.05) is 54.1 Å². The molecular formula is C20H23BNO4-. The van der Waals surface area contributed by atoms with Gasteiger partial charge in [0.05, 0.1) is 0 Å². The van der Waals surface area contributed by atoms with E-state index in [2.05, 4.69) is 0 Å². The SMILES string of the molecule is CC1(C)O[B-]2(OC(=O)N(c3ccccc3)C2c2ccccc2)OC1(C)C. The molecule has 4 rings (SSSR count). The van der Waals surface area contributed by atoms with E-state index in [1.165, 1.54) is 0 Å². The Morgan fingerprint density at radius 1 is 0.846 bits per heavy atom. The molecule has 5 nitrogen and oxygen atoms in total. The van der Waals surface area contributed by atoms with E-state index in [0.29, 0.717) is 0 Å². The number of nitrogens with zero attached hydrogens (tertiary/aromatic N) is 1. The molecular weight excluding hydrogens is 329 g/mol. The minimum atomic E-state index is -2.33. The Balaban J connectivity index is 1.87. The minimum absolute atomic E-state index is 0.460. The van der Waals surface area contributed by atoms with Crippen LogP contribution < -0.4 is 4.90 Å². The number of hydrogen-bond donors (Lipinski definition) is 0. The molecule has 136 valence electrons. The summed E-state index contributed by atoms with van der Waals surface area (Å²) in [5, 5.41) is 0. The molecule has 1 amide bonds. The molecule has 0 N–H and O–H groups in total. The lowest BCUT2D eigenvalue weighted by Crippen LogP contribution is -2.47. The molecule has 0 radical (unpaired) electrons. The van der Waals surface area contributed by atoms with E-state index < -0.39 is 30.0 Å². The predicted molar refractivity (Wildman–Crippen MR) is 101 cm³/mol. The third-order valence-corrected chi connectivity index (χ3v) is 5.67. The van der Waals surface area contributed by atoms with Crippen LogP contribution in [-0.2, 0) is 14.0 Å². The van der Waals surface area contributed by atoms with Crippen LogP contribution in [0.1, 0.15) is 39.2 Å². The molecule has 1 unspecified atom stereocenters. The number of carbonyl (C=O) groups excluding carboxylic acids is 1. The largest absolute Gasteiger partial charge is 0.625 e. The number of benzene rings is 2. The molecule has 0 bridgehead atoms. The predicted octanol–water partition coefficient (Wildman–Crippen LogP) is 4.47. The van der Waals surface area contributed by atoms with Gasteiger partial charge in [0.2, 0.25) is 0 Å². The Morgan fingerprint density at radius 3 is 1.88 bits per heavy atom. The summed E-state index contributed by atoms with van der Waals surface area (Å²) in [6.45, 7) is 5.52. The van der Waals surface area contributed by atoms with Crippen molar-refractivity contribution in [3.63, 3.8) is 0 Å². The summed E-state index contributed by atoms with van der Waals surface area (Å²) < 4.78 is 18.5. The number of hydrogen-bond acceptors (Lipinski definition) is 4. The van der Waals surface area contributed by atoms with E-state index in [1.54, 1.807) is 4.90 Å². The average Bonchev–Trinajstić information content (AvgIpc) is 2.96.